The molecule has 0 unspecified atom stereocenters. The second-order valence-corrected chi connectivity index (χ2v) is 9.03. The fourth-order valence-corrected chi connectivity index (χ4v) is 5.02. The normalized spacial score (nSPS) is 14.3. The molecular formula is C31H31N2O+. The minimum absolute atomic E-state index is 0.225. The van der Waals surface area contributed by atoms with Gasteiger partial charge in [-0.25, -0.2) is 0 Å². The van der Waals surface area contributed by atoms with E-state index in [1.54, 1.807) is 0 Å². The van der Waals surface area contributed by atoms with Gasteiger partial charge in [-0.15, -0.1) is 0 Å². The Morgan fingerprint density at radius 3 is 1.65 bits per heavy atom. The Bertz CT molecular complexity index is 1140. The molecule has 3 nitrogen and oxygen atoms in total. The Hall–Kier alpha value is -3.69. The molecule has 1 heterocycles. The first kappa shape index (κ1) is 22.1. The monoisotopic (exact) mass is 447 g/mol. The largest absolute Gasteiger partial charge is 0.331 e. The fraction of sp³-hybridized carbons (Fsp3) is 0.194. The van der Waals surface area contributed by atoms with Crippen LogP contribution in [0.25, 0.3) is 11.1 Å². The predicted octanol–water partition coefficient (Wildman–Crippen LogP) is 4.41. The number of carbonyl (C=O) groups is 1. The lowest BCUT2D eigenvalue weighted by Gasteiger charge is -2.37. The van der Waals surface area contributed by atoms with Crippen LogP contribution in [-0.4, -0.2) is 37.0 Å². The summed E-state index contributed by atoms with van der Waals surface area (Å²) < 4.78 is 0. The van der Waals surface area contributed by atoms with Crippen molar-refractivity contribution in [3.8, 4) is 11.1 Å². The second-order valence-electron chi connectivity index (χ2n) is 9.03. The van der Waals surface area contributed by atoms with Crippen molar-refractivity contribution < 1.29 is 9.69 Å². The van der Waals surface area contributed by atoms with Crippen LogP contribution in [0.1, 0.15) is 22.7 Å². The quantitative estimate of drug-likeness (QED) is 0.465. The molecule has 170 valence electrons. The van der Waals surface area contributed by atoms with E-state index < -0.39 is 0 Å². The zero-order valence-corrected chi connectivity index (χ0v) is 19.4. The Kier molecular flexibility index (Phi) is 6.83. The molecule has 34 heavy (non-hydrogen) atoms. The first-order valence-corrected chi connectivity index (χ1v) is 12.1. The van der Waals surface area contributed by atoms with Gasteiger partial charge in [-0.05, 0) is 16.7 Å². The molecule has 0 bridgehead atoms. The maximum Gasteiger partial charge on any atom is 0.227 e. The van der Waals surface area contributed by atoms with E-state index in [9.17, 15) is 4.79 Å². The van der Waals surface area contributed by atoms with Gasteiger partial charge in [-0.3, -0.25) is 4.79 Å². The van der Waals surface area contributed by atoms with Crippen LogP contribution in [0.3, 0.4) is 0 Å². The van der Waals surface area contributed by atoms with E-state index in [0.29, 0.717) is 12.5 Å². The molecule has 0 saturated carbocycles. The molecule has 0 aromatic heterocycles. The van der Waals surface area contributed by atoms with Gasteiger partial charge in [0, 0.05) is 11.1 Å². The summed E-state index contributed by atoms with van der Waals surface area (Å²) in [5, 5.41) is 0. The highest BCUT2D eigenvalue weighted by atomic mass is 16.2. The number of carbonyl (C=O) groups excluding carboxylic acids is 1. The zero-order chi connectivity index (χ0) is 23.2. The van der Waals surface area contributed by atoms with Crippen LogP contribution < -0.4 is 4.90 Å². The molecule has 0 aliphatic carbocycles. The lowest BCUT2D eigenvalue weighted by atomic mass is 9.96. The van der Waals surface area contributed by atoms with Crippen molar-refractivity contribution in [2.45, 2.75) is 12.5 Å². The molecule has 0 atom stereocenters. The van der Waals surface area contributed by atoms with E-state index in [1.807, 2.05) is 11.0 Å². The third-order valence-electron chi connectivity index (χ3n) is 6.85. The summed E-state index contributed by atoms with van der Waals surface area (Å²) in [5.41, 5.74) is 6.13. The lowest BCUT2D eigenvalue weighted by Crippen LogP contribution is -3.15. The Balaban J connectivity index is 1.22. The van der Waals surface area contributed by atoms with Crippen LogP contribution in [0.2, 0.25) is 0 Å². The zero-order valence-electron chi connectivity index (χ0n) is 19.4. The van der Waals surface area contributed by atoms with Crippen molar-refractivity contribution in [3.05, 3.63) is 132 Å². The molecule has 4 aromatic carbocycles. The van der Waals surface area contributed by atoms with Gasteiger partial charge >= 0.3 is 0 Å². The van der Waals surface area contributed by atoms with Crippen molar-refractivity contribution >= 4 is 5.91 Å². The summed E-state index contributed by atoms with van der Waals surface area (Å²) in [4.78, 5) is 16.6. The van der Waals surface area contributed by atoms with Gasteiger partial charge in [-0.1, -0.05) is 115 Å². The molecule has 1 fully saturated rings. The standard InChI is InChI=1S/C31H30N2O/c34-30(24-25-16-18-27(19-17-25)26-10-4-1-5-11-26)32-20-22-33(23-21-32)31(28-12-6-2-7-13-28)29-14-8-3-9-15-29/h1-19,31H,20-24H2/p+1. The molecule has 4 aromatic rings. The smallest absolute Gasteiger partial charge is 0.227 e. The number of piperazine rings is 1. The van der Waals surface area contributed by atoms with Gasteiger partial charge in [0.2, 0.25) is 5.91 Å². The second kappa shape index (κ2) is 10.5. The van der Waals surface area contributed by atoms with Gasteiger partial charge in [-0.2, -0.15) is 0 Å². The Morgan fingerprint density at radius 2 is 1.12 bits per heavy atom. The number of hydrogen-bond acceptors (Lipinski definition) is 1. The maximum atomic E-state index is 13.1. The van der Waals surface area contributed by atoms with Crippen LogP contribution in [0, 0.1) is 0 Å². The van der Waals surface area contributed by atoms with Crippen molar-refractivity contribution in [1.82, 2.24) is 4.90 Å². The van der Waals surface area contributed by atoms with Crippen molar-refractivity contribution in [1.29, 1.82) is 0 Å². The van der Waals surface area contributed by atoms with Gasteiger partial charge in [0.15, 0.2) is 0 Å². The third-order valence-corrected chi connectivity index (χ3v) is 6.85. The summed E-state index contributed by atoms with van der Waals surface area (Å²) in [6, 6.07) is 40.6. The highest BCUT2D eigenvalue weighted by molar-refractivity contribution is 5.79. The number of amides is 1. The first-order valence-electron chi connectivity index (χ1n) is 12.1. The summed E-state index contributed by atoms with van der Waals surface area (Å²) in [5.74, 6) is 0.225. The number of nitrogens with one attached hydrogen (secondary N) is 1. The summed E-state index contributed by atoms with van der Waals surface area (Å²) in [7, 11) is 0. The molecule has 1 saturated heterocycles. The number of benzene rings is 4. The minimum Gasteiger partial charge on any atom is -0.331 e. The Morgan fingerprint density at radius 1 is 0.647 bits per heavy atom. The van der Waals surface area contributed by atoms with Crippen molar-refractivity contribution in [2.75, 3.05) is 26.2 Å². The fourth-order valence-electron chi connectivity index (χ4n) is 5.02. The first-order chi connectivity index (χ1) is 16.8. The number of rotatable bonds is 6. The van der Waals surface area contributed by atoms with Gasteiger partial charge in [0.25, 0.3) is 0 Å². The van der Waals surface area contributed by atoms with Crippen LogP contribution in [0.15, 0.2) is 115 Å². The predicted molar refractivity (Wildman–Crippen MR) is 138 cm³/mol. The molecular weight excluding hydrogens is 416 g/mol. The minimum atomic E-state index is 0.225. The lowest BCUT2D eigenvalue weighted by molar-refractivity contribution is -0.929. The SMILES string of the molecule is O=C(Cc1ccc(-c2ccccc2)cc1)N1CC[NH+](C(c2ccccc2)c2ccccc2)CC1. The van der Waals surface area contributed by atoms with Crippen LogP contribution in [0.4, 0.5) is 0 Å². The highest BCUT2D eigenvalue weighted by Crippen LogP contribution is 2.21. The topological polar surface area (TPSA) is 24.8 Å². The molecule has 0 radical (unpaired) electrons. The molecule has 0 spiro atoms. The summed E-state index contributed by atoms with van der Waals surface area (Å²) in [6.45, 7) is 3.50. The summed E-state index contributed by atoms with van der Waals surface area (Å²) in [6.07, 6.45) is 0.463. The van der Waals surface area contributed by atoms with Crippen molar-refractivity contribution in [3.63, 3.8) is 0 Å². The average molecular weight is 448 g/mol. The number of nitrogens with zero attached hydrogens (tertiary/aromatic N) is 1. The van der Waals surface area contributed by atoms with Crippen LogP contribution >= 0.6 is 0 Å². The van der Waals surface area contributed by atoms with Gasteiger partial charge < -0.3 is 9.80 Å². The Labute approximate surface area is 202 Å². The van der Waals surface area contributed by atoms with Crippen LogP contribution in [0.5, 0.6) is 0 Å². The molecule has 1 N–H and O–H groups in total. The molecule has 1 aliphatic heterocycles. The van der Waals surface area contributed by atoms with Gasteiger partial charge in [0.05, 0.1) is 32.6 Å². The van der Waals surface area contributed by atoms with E-state index >= 15 is 0 Å². The van der Waals surface area contributed by atoms with E-state index in [2.05, 4.69) is 109 Å². The third kappa shape index (κ3) is 5.11. The van der Waals surface area contributed by atoms with E-state index in [4.69, 9.17) is 0 Å². The van der Waals surface area contributed by atoms with E-state index in [-0.39, 0.29) is 5.91 Å². The average Bonchev–Trinajstić information content (AvgIpc) is 2.91. The van der Waals surface area contributed by atoms with Gasteiger partial charge in [0.1, 0.15) is 6.04 Å². The van der Waals surface area contributed by atoms with E-state index in [1.165, 1.54) is 27.2 Å². The maximum absolute atomic E-state index is 13.1. The van der Waals surface area contributed by atoms with E-state index in [0.717, 1.165) is 31.7 Å². The van der Waals surface area contributed by atoms with Crippen molar-refractivity contribution in [2.24, 2.45) is 0 Å². The molecule has 1 amide bonds. The highest BCUT2D eigenvalue weighted by Gasteiger charge is 2.31. The molecule has 5 rings (SSSR count). The molecule has 3 heteroatoms. The number of hydrogen-bond donors (Lipinski definition) is 1. The number of quaternary nitrogens is 1. The van der Waals surface area contributed by atoms with Crippen LogP contribution in [-0.2, 0) is 11.2 Å². The molecule has 1 aliphatic rings. The summed E-state index contributed by atoms with van der Waals surface area (Å²) >= 11 is 0.